The number of halogens is 1. The van der Waals surface area contributed by atoms with Gasteiger partial charge in [-0.1, -0.05) is 48.5 Å². The second-order valence-electron chi connectivity index (χ2n) is 5.12. The zero-order chi connectivity index (χ0) is 16.8. The summed E-state index contributed by atoms with van der Waals surface area (Å²) in [7, 11) is 0. The molecule has 0 spiro atoms. The molecule has 0 heterocycles. The molecule has 1 amide bonds. The van der Waals surface area contributed by atoms with Crippen LogP contribution in [-0.2, 0) is 0 Å². The van der Waals surface area contributed by atoms with Crippen molar-refractivity contribution in [2.24, 2.45) is 4.99 Å². The van der Waals surface area contributed by atoms with Crippen LogP contribution in [0.5, 0.6) is 0 Å². The number of nitrogens with zero attached hydrogens (tertiary/aromatic N) is 1. The Morgan fingerprint density at radius 1 is 0.875 bits per heavy atom. The molecule has 4 heteroatoms. The first kappa shape index (κ1) is 15.6. The Bertz CT molecular complexity index is 876. The molecule has 0 unspecified atom stereocenters. The van der Waals surface area contributed by atoms with Crippen LogP contribution in [0.4, 0.5) is 15.8 Å². The second-order valence-corrected chi connectivity index (χ2v) is 5.12. The third kappa shape index (κ3) is 3.73. The molecule has 3 rings (SSSR count). The van der Waals surface area contributed by atoms with Crippen LogP contribution in [0.3, 0.4) is 0 Å². The van der Waals surface area contributed by atoms with Gasteiger partial charge in [0, 0.05) is 17.5 Å². The summed E-state index contributed by atoms with van der Waals surface area (Å²) in [6.45, 7) is 0. The first-order valence-corrected chi connectivity index (χ1v) is 7.48. The third-order valence-electron chi connectivity index (χ3n) is 3.43. The summed E-state index contributed by atoms with van der Waals surface area (Å²) in [6, 6.07) is 22.5. The minimum Gasteiger partial charge on any atom is -0.322 e. The molecule has 0 aliphatic rings. The van der Waals surface area contributed by atoms with Gasteiger partial charge in [-0.25, -0.2) is 4.39 Å². The number of para-hydroxylation sites is 2. The van der Waals surface area contributed by atoms with Crippen LogP contribution in [0.1, 0.15) is 15.9 Å². The highest BCUT2D eigenvalue weighted by Crippen LogP contribution is 2.20. The van der Waals surface area contributed by atoms with Gasteiger partial charge in [0.2, 0.25) is 0 Å². The Hall–Kier alpha value is -3.27. The summed E-state index contributed by atoms with van der Waals surface area (Å²) in [6.07, 6.45) is 1.42. The molecule has 3 aromatic rings. The number of nitrogens with one attached hydrogen (secondary N) is 1. The lowest BCUT2D eigenvalue weighted by Crippen LogP contribution is -2.11. The molecule has 24 heavy (non-hydrogen) atoms. The van der Waals surface area contributed by atoms with E-state index in [0.717, 1.165) is 0 Å². The summed E-state index contributed by atoms with van der Waals surface area (Å²) in [5.74, 6) is -0.616. The zero-order valence-corrected chi connectivity index (χ0v) is 12.8. The Labute approximate surface area is 139 Å². The van der Waals surface area contributed by atoms with Crippen molar-refractivity contribution in [2.75, 3.05) is 5.32 Å². The van der Waals surface area contributed by atoms with Crippen molar-refractivity contribution in [3.05, 3.63) is 95.8 Å². The molecule has 0 bridgehead atoms. The number of benzene rings is 3. The number of anilines is 1. The van der Waals surface area contributed by atoms with Crippen molar-refractivity contribution >= 4 is 23.5 Å². The lowest BCUT2D eigenvalue weighted by Gasteiger charge is -2.07. The normalized spacial score (nSPS) is 10.7. The van der Waals surface area contributed by atoms with Crippen molar-refractivity contribution in [3.8, 4) is 0 Å². The maximum atomic E-state index is 13.7. The van der Waals surface area contributed by atoms with Gasteiger partial charge in [0.25, 0.3) is 5.91 Å². The zero-order valence-electron chi connectivity index (χ0n) is 12.8. The Kier molecular flexibility index (Phi) is 4.77. The Morgan fingerprint density at radius 2 is 1.54 bits per heavy atom. The van der Waals surface area contributed by atoms with E-state index in [2.05, 4.69) is 10.3 Å². The fraction of sp³-hybridized carbons (Fsp3) is 0. The van der Waals surface area contributed by atoms with Gasteiger partial charge in [-0.05, 0) is 30.3 Å². The quantitative estimate of drug-likeness (QED) is 0.688. The summed E-state index contributed by atoms with van der Waals surface area (Å²) >= 11 is 0. The van der Waals surface area contributed by atoms with E-state index in [-0.39, 0.29) is 11.7 Å². The second kappa shape index (κ2) is 7.33. The summed E-state index contributed by atoms with van der Waals surface area (Å²) < 4.78 is 13.7. The minimum absolute atomic E-state index is 0.262. The summed E-state index contributed by atoms with van der Waals surface area (Å²) in [5, 5.41) is 2.82. The minimum atomic E-state index is -0.354. The highest BCUT2D eigenvalue weighted by atomic mass is 19.1. The number of carbonyl (C=O) groups excluding carboxylic acids is 1. The van der Waals surface area contributed by atoms with Crippen LogP contribution in [0.2, 0.25) is 0 Å². The summed E-state index contributed by atoms with van der Waals surface area (Å²) in [5.41, 5.74) is 1.98. The van der Waals surface area contributed by atoms with E-state index >= 15 is 0 Å². The Morgan fingerprint density at radius 3 is 2.33 bits per heavy atom. The van der Waals surface area contributed by atoms with Crippen LogP contribution in [0.25, 0.3) is 0 Å². The molecule has 0 saturated heterocycles. The largest absolute Gasteiger partial charge is 0.322 e. The van der Waals surface area contributed by atoms with Crippen LogP contribution in [-0.4, -0.2) is 12.1 Å². The highest BCUT2D eigenvalue weighted by molar-refractivity contribution is 6.08. The SMILES string of the molecule is O=C(Nc1ccccc1)c1ccccc1/N=C/c1ccccc1F. The first-order chi connectivity index (χ1) is 11.7. The van der Waals surface area contributed by atoms with E-state index in [1.54, 1.807) is 42.5 Å². The van der Waals surface area contributed by atoms with E-state index in [1.165, 1.54) is 12.3 Å². The average Bonchev–Trinajstić information content (AvgIpc) is 2.62. The number of rotatable bonds is 4. The maximum Gasteiger partial charge on any atom is 0.257 e. The number of amides is 1. The van der Waals surface area contributed by atoms with E-state index in [9.17, 15) is 9.18 Å². The smallest absolute Gasteiger partial charge is 0.257 e. The third-order valence-corrected chi connectivity index (χ3v) is 3.43. The van der Waals surface area contributed by atoms with Gasteiger partial charge in [0.15, 0.2) is 0 Å². The molecule has 0 atom stereocenters. The molecule has 0 aromatic heterocycles. The standard InChI is InChI=1S/C20H15FN2O/c21-18-12-6-4-8-15(18)14-22-19-13-7-5-11-17(19)20(24)23-16-9-2-1-3-10-16/h1-14H,(H,23,24)/b22-14+. The van der Waals surface area contributed by atoms with Crippen LogP contribution in [0.15, 0.2) is 83.9 Å². The van der Waals surface area contributed by atoms with E-state index in [1.807, 2.05) is 30.3 Å². The molecule has 3 aromatic carbocycles. The lowest BCUT2D eigenvalue weighted by molar-refractivity contribution is 0.102. The highest BCUT2D eigenvalue weighted by Gasteiger charge is 2.10. The maximum absolute atomic E-state index is 13.7. The molecule has 0 aliphatic carbocycles. The van der Waals surface area contributed by atoms with Gasteiger partial charge in [-0.3, -0.25) is 9.79 Å². The first-order valence-electron chi connectivity index (χ1n) is 7.48. The Balaban J connectivity index is 1.85. The molecule has 3 nitrogen and oxygen atoms in total. The van der Waals surface area contributed by atoms with Crippen molar-refractivity contribution in [3.63, 3.8) is 0 Å². The van der Waals surface area contributed by atoms with Crippen LogP contribution >= 0.6 is 0 Å². The van der Waals surface area contributed by atoms with E-state index in [4.69, 9.17) is 0 Å². The molecule has 1 N–H and O–H groups in total. The lowest BCUT2D eigenvalue weighted by atomic mass is 10.1. The average molecular weight is 318 g/mol. The summed E-state index contributed by atoms with van der Waals surface area (Å²) in [4.78, 5) is 16.7. The van der Waals surface area contributed by atoms with Gasteiger partial charge in [-0.15, -0.1) is 0 Å². The molecule has 0 saturated carbocycles. The van der Waals surface area contributed by atoms with Gasteiger partial charge >= 0.3 is 0 Å². The fourth-order valence-corrected chi connectivity index (χ4v) is 2.22. The molecule has 118 valence electrons. The molecule has 0 fully saturated rings. The predicted octanol–water partition coefficient (Wildman–Crippen LogP) is 4.83. The predicted molar refractivity (Wildman–Crippen MR) is 94.5 cm³/mol. The van der Waals surface area contributed by atoms with Crippen molar-refractivity contribution in [1.29, 1.82) is 0 Å². The van der Waals surface area contributed by atoms with E-state index < -0.39 is 0 Å². The fourth-order valence-electron chi connectivity index (χ4n) is 2.22. The number of aliphatic imine (C=N–C) groups is 1. The van der Waals surface area contributed by atoms with Crippen LogP contribution in [0, 0.1) is 5.82 Å². The molecular weight excluding hydrogens is 303 g/mol. The van der Waals surface area contributed by atoms with Crippen molar-refractivity contribution in [1.82, 2.24) is 0 Å². The monoisotopic (exact) mass is 318 g/mol. The van der Waals surface area contributed by atoms with E-state index in [0.29, 0.717) is 22.5 Å². The van der Waals surface area contributed by atoms with Gasteiger partial charge < -0.3 is 5.32 Å². The number of hydrogen-bond acceptors (Lipinski definition) is 2. The van der Waals surface area contributed by atoms with Gasteiger partial charge in [0.1, 0.15) is 5.82 Å². The topological polar surface area (TPSA) is 41.5 Å². The van der Waals surface area contributed by atoms with Crippen molar-refractivity contribution < 1.29 is 9.18 Å². The molecule has 0 radical (unpaired) electrons. The van der Waals surface area contributed by atoms with Gasteiger partial charge in [-0.2, -0.15) is 0 Å². The van der Waals surface area contributed by atoms with Gasteiger partial charge in [0.05, 0.1) is 11.3 Å². The number of carbonyl (C=O) groups is 1. The van der Waals surface area contributed by atoms with Crippen LogP contribution < -0.4 is 5.32 Å². The van der Waals surface area contributed by atoms with Crippen molar-refractivity contribution in [2.45, 2.75) is 0 Å². The molecule has 0 aliphatic heterocycles. The number of hydrogen-bond donors (Lipinski definition) is 1. The molecular formula is C20H15FN2O.